The first-order valence-electron chi connectivity index (χ1n) is 13.5. The van der Waals surface area contributed by atoms with Gasteiger partial charge in [0, 0.05) is 30.9 Å². The summed E-state index contributed by atoms with van der Waals surface area (Å²) in [5.41, 5.74) is 1.33. The molecular formula is C29H43FN6O2. The number of pyridine rings is 1. The van der Waals surface area contributed by atoms with Crippen molar-refractivity contribution in [3.8, 4) is 0 Å². The van der Waals surface area contributed by atoms with E-state index in [1.54, 1.807) is 18.3 Å². The number of hydrogen-bond donors (Lipinski definition) is 4. The van der Waals surface area contributed by atoms with Gasteiger partial charge in [-0.15, -0.1) is 0 Å². The molecule has 0 atom stereocenters. The molecule has 3 aromatic rings. The molecule has 0 bridgehead atoms. The lowest BCUT2D eigenvalue weighted by molar-refractivity contribution is 0.0168. The maximum atomic E-state index is 12.2. The average molecular weight is 527 g/mol. The minimum absolute atomic E-state index is 0.162. The molecule has 0 amide bonds. The molecular weight excluding hydrogens is 483 g/mol. The minimum Gasteiger partial charge on any atom is -0.385 e. The molecule has 0 spiro atoms. The molecule has 9 heteroatoms. The van der Waals surface area contributed by atoms with E-state index >= 15 is 0 Å². The zero-order valence-electron chi connectivity index (χ0n) is 23.4. The summed E-state index contributed by atoms with van der Waals surface area (Å²) in [6.45, 7) is 12.8. The summed E-state index contributed by atoms with van der Waals surface area (Å²) in [5, 5.41) is 29.7. The minimum atomic E-state index is -0.995. The highest BCUT2D eigenvalue weighted by molar-refractivity contribution is 5.89. The normalized spacial score (nSPS) is 13.1. The van der Waals surface area contributed by atoms with Crippen LogP contribution in [0.1, 0.15) is 70.1 Å². The molecule has 0 radical (unpaired) electrons. The van der Waals surface area contributed by atoms with E-state index in [-0.39, 0.29) is 5.82 Å². The molecule has 4 rings (SSSR count). The topological polar surface area (TPSA) is 110 Å². The first kappa shape index (κ1) is 30.9. The van der Waals surface area contributed by atoms with Gasteiger partial charge in [-0.05, 0) is 49.1 Å². The van der Waals surface area contributed by atoms with Crippen LogP contribution >= 0.6 is 0 Å². The molecule has 1 aliphatic rings. The predicted molar refractivity (Wildman–Crippen MR) is 153 cm³/mol. The highest BCUT2D eigenvalue weighted by Crippen LogP contribution is 2.38. The maximum absolute atomic E-state index is 12.2. The molecule has 0 unspecified atom stereocenters. The lowest BCUT2D eigenvalue weighted by Crippen LogP contribution is -2.37. The van der Waals surface area contributed by atoms with Gasteiger partial charge in [-0.2, -0.15) is 5.10 Å². The lowest BCUT2D eigenvalue weighted by Gasteiger charge is -2.33. The Morgan fingerprint density at radius 1 is 1.16 bits per heavy atom. The number of nitrogens with one attached hydrogen (secondary N) is 3. The van der Waals surface area contributed by atoms with Gasteiger partial charge in [0.25, 0.3) is 0 Å². The second-order valence-corrected chi connectivity index (χ2v) is 8.96. The number of aromatic nitrogens is 3. The van der Waals surface area contributed by atoms with Crippen LogP contribution in [-0.4, -0.2) is 52.8 Å². The van der Waals surface area contributed by atoms with Crippen molar-refractivity contribution in [2.45, 2.75) is 65.9 Å². The fourth-order valence-electron chi connectivity index (χ4n) is 4.40. The van der Waals surface area contributed by atoms with E-state index in [9.17, 15) is 9.50 Å². The van der Waals surface area contributed by atoms with E-state index in [0.29, 0.717) is 43.3 Å². The van der Waals surface area contributed by atoms with Crippen molar-refractivity contribution in [1.29, 1.82) is 5.41 Å². The number of aryl methyl sites for hydroxylation is 1. The van der Waals surface area contributed by atoms with Crippen molar-refractivity contribution in [3.63, 3.8) is 0 Å². The van der Waals surface area contributed by atoms with Gasteiger partial charge >= 0.3 is 0 Å². The van der Waals surface area contributed by atoms with Crippen molar-refractivity contribution in [3.05, 3.63) is 65.1 Å². The number of nitrogens with zero attached hydrogens (tertiary/aromatic N) is 3. The summed E-state index contributed by atoms with van der Waals surface area (Å²) in [4.78, 5) is 6.95. The zero-order chi connectivity index (χ0) is 28.0. The third-order valence-electron chi connectivity index (χ3n) is 6.09. The van der Waals surface area contributed by atoms with E-state index in [4.69, 9.17) is 15.1 Å². The van der Waals surface area contributed by atoms with Crippen molar-refractivity contribution < 1.29 is 14.2 Å². The van der Waals surface area contributed by atoms with E-state index in [0.717, 1.165) is 42.9 Å². The highest BCUT2D eigenvalue weighted by atomic mass is 19.1. The van der Waals surface area contributed by atoms with E-state index in [1.165, 1.54) is 18.3 Å². The van der Waals surface area contributed by atoms with Crippen LogP contribution < -0.4 is 10.2 Å². The van der Waals surface area contributed by atoms with Crippen molar-refractivity contribution in [2.24, 2.45) is 0 Å². The van der Waals surface area contributed by atoms with Crippen LogP contribution in [0.4, 0.5) is 21.8 Å². The predicted octanol–water partition coefficient (Wildman–Crippen LogP) is 6.33. The first-order chi connectivity index (χ1) is 18.4. The zero-order valence-corrected chi connectivity index (χ0v) is 23.4. The Hall–Kier alpha value is -3.30. The monoisotopic (exact) mass is 526 g/mol. The molecule has 4 N–H and O–H groups in total. The van der Waals surface area contributed by atoms with E-state index in [2.05, 4.69) is 34.3 Å². The highest BCUT2D eigenvalue weighted by Gasteiger charge is 2.32. The first-order valence-corrected chi connectivity index (χ1v) is 13.5. The lowest BCUT2D eigenvalue weighted by atomic mass is 9.83. The molecule has 38 heavy (non-hydrogen) atoms. The number of rotatable bonds is 9. The Labute approximate surface area is 226 Å². The third kappa shape index (κ3) is 8.63. The fourth-order valence-corrected chi connectivity index (χ4v) is 4.40. The van der Waals surface area contributed by atoms with Crippen LogP contribution in [0, 0.1) is 18.2 Å². The summed E-state index contributed by atoms with van der Waals surface area (Å²) < 4.78 is 17.6. The summed E-state index contributed by atoms with van der Waals surface area (Å²) in [5.74, 6) is 1.86. The Morgan fingerprint density at radius 2 is 1.84 bits per heavy atom. The van der Waals surface area contributed by atoms with Gasteiger partial charge in [0.15, 0.2) is 0 Å². The van der Waals surface area contributed by atoms with Gasteiger partial charge in [0.2, 0.25) is 0 Å². The second-order valence-electron chi connectivity index (χ2n) is 8.96. The van der Waals surface area contributed by atoms with Crippen LogP contribution in [0.5, 0.6) is 0 Å². The van der Waals surface area contributed by atoms with Gasteiger partial charge in [-0.1, -0.05) is 52.7 Å². The molecule has 1 aromatic carbocycles. The number of ether oxygens (including phenoxy) is 1. The number of anilines is 3. The van der Waals surface area contributed by atoms with Crippen LogP contribution in [-0.2, 0) is 10.3 Å². The summed E-state index contributed by atoms with van der Waals surface area (Å²) >= 11 is 0. The van der Waals surface area contributed by atoms with Crippen molar-refractivity contribution in [1.82, 2.24) is 15.2 Å². The molecule has 208 valence electrons. The molecule has 1 saturated heterocycles. The number of benzene rings is 1. The van der Waals surface area contributed by atoms with E-state index < -0.39 is 5.60 Å². The van der Waals surface area contributed by atoms with Gasteiger partial charge in [0.1, 0.15) is 23.3 Å². The number of hydrogen-bond acceptors (Lipinski definition) is 7. The Balaban J connectivity index is 0.000000428. The number of morpholine rings is 1. The van der Waals surface area contributed by atoms with Crippen molar-refractivity contribution >= 4 is 23.7 Å². The standard InChI is InChI=1S/C20H30N6O2.C7H7F.C2H6/c1-3-6-20(27,7-4-2)16-13-18(26-9-11-28-12-10-26)24-19(15(16)14-21)23-17-5-8-22-25-17;1-6-3-2-4-7(8)5-6;1-2/h5,8,13-14,21,27H,3-4,6-7,9-12H2,1-2H3,(H2,22,23,24,25);2-5H,1H3;1-2H3. The number of H-pyrrole nitrogens is 1. The molecule has 2 aromatic heterocycles. The number of aliphatic hydroxyl groups is 1. The van der Waals surface area contributed by atoms with Crippen LogP contribution in [0.2, 0.25) is 0 Å². The van der Waals surface area contributed by atoms with Gasteiger partial charge in [-0.25, -0.2) is 9.37 Å². The Kier molecular flexibility index (Phi) is 12.9. The van der Waals surface area contributed by atoms with Gasteiger partial charge < -0.3 is 25.5 Å². The van der Waals surface area contributed by atoms with Gasteiger partial charge in [0.05, 0.1) is 25.0 Å². The molecule has 0 aliphatic carbocycles. The Bertz CT molecular complexity index is 1080. The maximum Gasteiger partial charge on any atom is 0.143 e. The smallest absolute Gasteiger partial charge is 0.143 e. The number of halogens is 1. The quantitative estimate of drug-likeness (QED) is 0.243. The third-order valence-corrected chi connectivity index (χ3v) is 6.09. The van der Waals surface area contributed by atoms with Crippen LogP contribution in [0.15, 0.2) is 42.6 Å². The van der Waals surface area contributed by atoms with Crippen LogP contribution in [0.3, 0.4) is 0 Å². The molecule has 8 nitrogen and oxygen atoms in total. The van der Waals surface area contributed by atoms with Crippen molar-refractivity contribution in [2.75, 3.05) is 36.5 Å². The average Bonchev–Trinajstić information content (AvgIpc) is 3.43. The summed E-state index contributed by atoms with van der Waals surface area (Å²) in [7, 11) is 0. The Morgan fingerprint density at radius 3 is 2.34 bits per heavy atom. The second kappa shape index (κ2) is 15.8. The molecule has 3 heterocycles. The molecule has 1 aliphatic heterocycles. The summed E-state index contributed by atoms with van der Waals surface area (Å²) in [6, 6.07) is 10.3. The number of aromatic amines is 1. The fraction of sp³-hybridized carbons (Fsp3) is 0.483. The largest absolute Gasteiger partial charge is 0.385 e. The summed E-state index contributed by atoms with van der Waals surface area (Å²) in [6.07, 6.45) is 5.92. The molecule has 0 saturated carbocycles. The van der Waals surface area contributed by atoms with Gasteiger partial charge in [-0.3, -0.25) is 5.10 Å². The molecule has 1 fully saturated rings. The SMILES string of the molecule is CC.CCCC(O)(CCC)c1cc(N2CCOCC2)nc(Nc2ccn[nH]2)c1C=N.Cc1cccc(F)c1. The van der Waals surface area contributed by atoms with E-state index in [1.807, 2.05) is 32.9 Å². The van der Waals surface area contributed by atoms with Crippen LogP contribution in [0.25, 0.3) is 0 Å².